The number of phosphoric ester groups is 2. The summed E-state index contributed by atoms with van der Waals surface area (Å²) in [4.78, 5) is 72.9. The van der Waals surface area contributed by atoms with Crippen molar-refractivity contribution in [2.45, 2.75) is 367 Å². The second-order valence-corrected chi connectivity index (χ2v) is 29.2. The molecule has 5 atom stereocenters. The zero-order valence-electron chi connectivity index (χ0n) is 62.2. The van der Waals surface area contributed by atoms with Gasteiger partial charge in [-0.15, -0.1) is 0 Å². The molecule has 3 N–H and O–H groups in total. The quantitative estimate of drug-likeness (QED) is 0.0169. The molecule has 19 heteroatoms. The van der Waals surface area contributed by atoms with Crippen LogP contribution in [-0.2, 0) is 65.4 Å². The van der Waals surface area contributed by atoms with E-state index in [2.05, 4.69) is 101 Å². The number of esters is 4. The summed E-state index contributed by atoms with van der Waals surface area (Å²) in [6, 6.07) is 0. The van der Waals surface area contributed by atoms with Crippen LogP contribution in [-0.4, -0.2) is 96.7 Å². The van der Waals surface area contributed by atoms with E-state index in [4.69, 9.17) is 37.0 Å². The lowest BCUT2D eigenvalue weighted by atomic mass is 10.0. The lowest BCUT2D eigenvalue weighted by molar-refractivity contribution is -0.161. The number of aliphatic hydroxyl groups is 1. The maximum atomic E-state index is 13.1. The van der Waals surface area contributed by atoms with Gasteiger partial charge < -0.3 is 33.8 Å². The van der Waals surface area contributed by atoms with E-state index in [-0.39, 0.29) is 25.7 Å². The highest BCUT2D eigenvalue weighted by atomic mass is 31.2. The highest BCUT2D eigenvalue weighted by Crippen LogP contribution is 2.45. The molecule has 0 saturated carbocycles. The van der Waals surface area contributed by atoms with Crippen LogP contribution in [0.25, 0.3) is 0 Å². The molecule has 17 nitrogen and oxygen atoms in total. The zero-order chi connectivity index (χ0) is 71.8. The minimum atomic E-state index is -4.98. The molecule has 5 unspecified atom stereocenters. The predicted molar refractivity (Wildman–Crippen MR) is 400 cm³/mol. The Balaban J connectivity index is 5.36. The normalized spacial score (nSPS) is 14.3. The lowest BCUT2D eigenvalue weighted by Gasteiger charge is -2.21. The third-order valence-corrected chi connectivity index (χ3v) is 18.6. The van der Waals surface area contributed by atoms with Gasteiger partial charge in [-0.2, -0.15) is 0 Å². The summed E-state index contributed by atoms with van der Waals surface area (Å²) in [7, 11) is -9.95. The molecule has 0 amide bonds. The van der Waals surface area contributed by atoms with Gasteiger partial charge in [0, 0.05) is 25.7 Å². The van der Waals surface area contributed by atoms with Crippen molar-refractivity contribution in [2.75, 3.05) is 39.6 Å². The SMILES string of the molecule is CC/C=C\C/C=C\C/C=C\C/C=C\CCCCC(=O)OCC(COP(=O)(O)OCC(O)COP(=O)(O)OCC(COC(=O)CCCCCCC/C=C\CCCCCCCC)OC(=O)CCCCCCCCCCCCCCCCC)OC(=O)CCCCCCC/C=C\CCCCCC. The van der Waals surface area contributed by atoms with Crippen LogP contribution in [0.5, 0.6) is 0 Å². The Morgan fingerprint density at radius 3 is 0.857 bits per heavy atom. The molecule has 0 aromatic rings. The van der Waals surface area contributed by atoms with Gasteiger partial charge in [0.25, 0.3) is 0 Å². The van der Waals surface area contributed by atoms with Crippen LogP contribution >= 0.6 is 15.6 Å². The molecular weight excluding hydrogens is 1280 g/mol. The third kappa shape index (κ3) is 70.9. The molecule has 98 heavy (non-hydrogen) atoms. The van der Waals surface area contributed by atoms with Crippen molar-refractivity contribution in [1.82, 2.24) is 0 Å². The number of hydrogen-bond acceptors (Lipinski definition) is 15. The molecule has 0 rings (SSSR count). The molecule has 0 spiro atoms. The van der Waals surface area contributed by atoms with E-state index < -0.39 is 97.5 Å². The largest absolute Gasteiger partial charge is 0.472 e. The molecule has 0 saturated heterocycles. The highest BCUT2D eigenvalue weighted by molar-refractivity contribution is 7.47. The van der Waals surface area contributed by atoms with Gasteiger partial charge in [0.15, 0.2) is 12.2 Å². The number of hydrogen-bond donors (Lipinski definition) is 3. The first kappa shape index (κ1) is 94.5. The van der Waals surface area contributed by atoms with Crippen LogP contribution in [0.2, 0.25) is 0 Å². The fraction of sp³-hybridized carbons (Fsp3) is 0.797. The minimum Gasteiger partial charge on any atom is -0.462 e. The van der Waals surface area contributed by atoms with Crippen LogP contribution in [0.4, 0.5) is 0 Å². The summed E-state index contributed by atoms with van der Waals surface area (Å²) in [5.74, 6) is -2.21. The Kier molecular flexibility index (Phi) is 69.3. The fourth-order valence-electron chi connectivity index (χ4n) is 10.7. The van der Waals surface area contributed by atoms with E-state index in [9.17, 15) is 43.2 Å². The Morgan fingerprint density at radius 1 is 0.296 bits per heavy atom. The molecule has 0 aromatic carbocycles. The second kappa shape index (κ2) is 71.9. The topological polar surface area (TPSA) is 237 Å². The first-order valence-electron chi connectivity index (χ1n) is 39.2. The maximum Gasteiger partial charge on any atom is 0.472 e. The Labute approximate surface area is 596 Å². The molecular formula is C79H142O17P2. The van der Waals surface area contributed by atoms with Crippen LogP contribution in [0, 0.1) is 0 Å². The van der Waals surface area contributed by atoms with Gasteiger partial charge in [0.2, 0.25) is 0 Å². The minimum absolute atomic E-state index is 0.0778. The predicted octanol–water partition coefficient (Wildman–Crippen LogP) is 22.4. The van der Waals surface area contributed by atoms with Gasteiger partial charge in [-0.25, -0.2) is 9.13 Å². The van der Waals surface area contributed by atoms with Crippen LogP contribution < -0.4 is 0 Å². The standard InChI is InChI=1S/C79H142O17P2/c1-5-9-13-17-21-25-29-33-36-40-43-47-51-55-59-63-76(81)89-69-74(95-78(83)65-61-57-53-49-45-39-32-28-24-20-16-12-8-4)71-93-97(85,86)91-67-73(80)68-92-98(87,88)94-72-75(96-79(84)66-62-58-54-50-46-42-38-35-31-27-23-19-15-11-7-3)70-90-77(82)64-60-56-52-48-44-41-37-34-30-26-22-18-14-10-6-2/h9,13,21,25,28,32-34,36-37,43,47,73-75,80H,5-8,10-12,14-20,22-24,26-27,29-31,35,38-42,44-46,48-72H2,1-4H3,(H,85,86)(H,87,88)/b13-9-,25-21-,32-28-,36-33-,37-34-,47-43-. The third-order valence-electron chi connectivity index (χ3n) is 16.7. The molecule has 0 aliphatic rings. The summed E-state index contributed by atoms with van der Waals surface area (Å²) in [6.07, 6.45) is 71.7. The summed E-state index contributed by atoms with van der Waals surface area (Å²) < 4.78 is 68.5. The Hall–Kier alpha value is -3.50. The van der Waals surface area contributed by atoms with Crippen molar-refractivity contribution in [2.24, 2.45) is 0 Å². The fourth-order valence-corrected chi connectivity index (χ4v) is 12.3. The highest BCUT2D eigenvalue weighted by Gasteiger charge is 2.30. The number of carbonyl (C=O) groups excluding carboxylic acids is 4. The molecule has 0 aliphatic heterocycles. The van der Waals surface area contributed by atoms with Gasteiger partial charge in [-0.1, -0.05) is 280 Å². The van der Waals surface area contributed by atoms with E-state index >= 15 is 0 Å². The lowest BCUT2D eigenvalue weighted by Crippen LogP contribution is -2.30. The molecule has 0 aliphatic carbocycles. The van der Waals surface area contributed by atoms with Gasteiger partial charge in [-0.05, 0) is 116 Å². The number of aliphatic hydroxyl groups excluding tert-OH is 1. The van der Waals surface area contributed by atoms with Crippen molar-refractivity contribution >= 4 is 39.5 Å². The van der Waals surface area contributed by atoms with Crippen molar-refractivity contribution in [3.05, 3.63) is 72.9 Å². The van der Waals surface area contributed by atoms with Crippen molar-refractivity contribution in [1.29, 1.82) is 0 Å². The molecule has 570 valence electrons. The van der Waals surface area contributed by atoms with Gasteiger partial charge >= 0.3 is 39.5 Å². The van der Waals surface area contributed by atoms with E-state index in [1.54, 1.807) is 0 Å². The summed E-state index contributed by atoms with van der Waals surface area (Å²) in [6.45, 7) is 4.73. The first-order valence-corrected chi connectivity index (χ1v) is 42.2. The number of ether oxygens (including phenoxy) is 4. The van der Waals surface area contributed by atoms with E-state index in [1.807, 2.05) is 0 Å². The Morgan fingerprint density at radius 2 is 0.531 bits per heavy atom. The van der Waals surface area contributed by atoms with Gasteiger partial charge in [0.1, 0.15) is 19.3 Å². The zero-order valence-corrected chi connectivity index (χ0v) is 64.0. The molecule has 0 fully saturated rings. The van der Waals surface area contributed by atoms with Crippen molar-refractivity contribution in [3.63, 3.8) is 0 Å². The van der Waals surface area contributed by atoms with Crippen LogP contribution in [0.1, 0.15) is 349 Å². The molecule has 0 heterocycles. The van der Waals surface area contributed by atoms with E-state index in [1.165, 1.54) is 128 Å². The number of phosphoric acid groups is 2. The van der Waals surface area contributed by atoms with Crippen molar-refractivity contribution in [3.8, 4) is 0 Å². The maximum absolute atomic E-state index is 13.1. The van der Waals surface area contributed by atoms with Gasteiger partial charge in [0.05, 0.1) is 26.4 Å². The molecule has 0 radical (unpaired) electrons. The monoisotopic (exact) mass is 1420 g/mol. The van der Waals surface area contributed by atoms with Crippen molar-refractivity contribution < 1.29 is 80.2 Å². The molecule has 0 bridgehead atoms. The second-order valence-electron chi connectivity index (χ2n) is 26.3. The Bertz CT molecular complexity index is 2140. The number of carbonyl (C=O) groups is 4. The van der Waals surface area contributed by atoms with E-state index in [0.717, 1.165) is 141 Å². The van der Waals surface area contributed by atoms with E-state index in [0.29, 0.717) is 25.7 Å². The number of rotatable bonds is 74. The number of unbranched alkanes of at least 4 members (excludes halogenated alkanes) is 36. The summed E-state index contributed by atoms with van der Waals surface area (Å²) in [5, 5.41) is 10.6. The first-order chi connectivity index (χ1) is 47.7. The number of allylic oxidation sites excluding steroid dienone is 12. The molecule has 0 aromatic heterocycles. The average molecular weight is 1430 g/mol. The smallest absolute Gasteiger partial charge is 0.462 e. The average Bonchev–Trinajstić information content (AvgIpc) is 0.959. The van der Waals surface area contributed by atoms with Crippen LogP contribution in [0.15, 0.2) is 72.9 Å². The van der Waals surface area contributed by atoms with Gasteiger partial charge in [-0.3, -0.25) is 37.3 Å². The summed E-state index contributed by atoms with van der Waals surface area (Å²) >= 11 is 0. The van der Waals surface area contributed by atoms with Crippen LogP contribution in [0.3, 0.4) is 0 Å². The summed E-state index contributed by atoms with van der Waals surface area (Å²) in [5.41, 5.74) is 0.